The van der Waals surface area contributed by atoms with E-state index < -0.39 is 23.5 Å². The van der Waals surface area contributed by atoms with E-state index in [1.807, 2.05) is 30.3 Å². The summed E-state index contributed by atoms with van der Waals surface area (Å²) >= 11 is 0. The molecule has 0 aromatic heterocycles. The Hall–Kier alpha value is -2.57. The minimum Gasteiger partial charge on any atom is -0.469 e. The first-order valence-corrected chi connectivity index (χ1v) is 8.17. The fourth-order valence-electron chi connectivity index (χ4n) is 4.08. The molecule has 7 heteroatoms. The summed E-state index contributed by atoms with van der Waals surface area (Å²) < 4.78 is 14.9. The van der Waals surface area contributed by atoms with E-state index in [0.717, 1.165) is 5.56 Å². The lowest BCUT2D eigenvalue weighted by Crippen LogP contribution is -2.58. The first-order chi connectivity index (χ1) is 12.0. The zero-order chi connectivity index (χ0) is 18.0. The van der Waals surface area contributed by atoms with Crippen LogP contribution >= 0.6 is 0 Å². The predicted octanol–water partition coefficient (Wildman–Crippen LogP) is 1.65. The van der Waals surface area contributed by atoms with E-state index in [9.17, 15) is 14.4 Å². The molecule has 1 amide bonds. The van der Waals surface area contributed by atoms with Crippen LogP contribution in [0.2, 0.25) is 0 Å². The van der Waals surface area contributed by atoms with Crippen LogP contribution in [-0.2, 0) is 30.4 Å². The number of benzene rings is 1. The van der Waals surface area contributed by atoms with E-state index in [4.69, 9.17) is 14.2 Å². The highest BCUT2D eigenvalue weighted by molar-refractivity contribution is 5.89. The van der Waals surface area contributed by atoms with E-state index in [1.54, 1.807) is 0 Å². The van der Waals surface area contributed by atoms with Crippen LogP contribution in [0, 0.1) is 17.8 Å². The Balaban J connectivity index is 1.69. The van der Waals surface area contributed by atoms with Gasteiger partial charge in [0.2, 0.25) is 0 Å². The summed E-state index contributed by atoms with van der Waals surface area (Å²) in [6.45, 7) is 0.0957. The summed E-state index contributed by atoms with van der Waals surface area (Å²) in [6.07, 6.45) is 0.323. The summed E-state index contributed by atoms with van der Waals surface area (Å²) in [5.74, 6) is -1.62. The third-order valence-electron chi connectivity index (χ3n) is 5.28. The fraction of sp³-hybridized carbons (Fsp3) is 0.500. The molecule has 1 aromatic rings. The van der Waals surface area contributed by atoms with Crippen LogP contribution in [0.1, 0.15) is 18.4 Å². The molecule has 134 valence electrons. The third-order valence-corrected chi connectivity index (χ3v) is 5.28. The minimum absolute atomic E-state index is 0.00553. The molecule has 0 radical (unpaired) electrons. The lowest BCUT2D eigenvalue weighted by molar-refractivity contribution is -0.157. The second-order valence-electron chi connectivity index (χ2n) is 6.51. The van der Waals surface area contributed by atoms with Crippen molar-refractivity contribution in [2.75, 3.05) is 14.2 Å². The Morgan fingerprint density at radius 1 is 1.16 bits per heavy atom. The van der Waals surface area contributed by atoms with Crippen LogP contribution in [-0.4, -0.2) is 37.8 Å². The predicted molar refractivity (Wildman–Crippen MR) is 86.2 cm³/mol. The molecule has 3 aliphatic carbocycles. The Morgan fingerprint density at radius 2 is 1.88 bits per heavy atom. The highest BCUT2D eigenvalue weighted by Crippen LogP contribution is 2.59. The molecule has 25 heavy (non-hydrogen) atoms. The standard InChI is InChI=1S/C18H21NO6/c1-23-15(20)14-12-8-13(14)18(9-12,16(21)24-2)19-17(22)25-10-11-6-4-3-5-7-11/h3-7,12-14H,8-10H2,1-2H3,(H,19,22)/t12-,13-,14-,18-/m0/s1. The number of rotatable bonds is 5. The van der Waals surface area contributed by atoms with Crippen molar-refractivity contribution in [3.8, 4) is 0 Å². The normalized spacial score (nSPS) is 29.3. The molecule has 1 N–H and O–H groups in total. The van der Waals surface area contributed by atoms with E-state index in [0.29, 0.717) is 12.8 Å². The molecule has 3 aliphatic rings. The number of alkyl carbamates (subject to hydrolysis) is 1. The average molecular weight is 347 g/mol. The molecule has 3 saturated carbocycles. The van der Waals surface area contributed by atoms with Gasteiger partial charge >= 0.3 is 18.0 Å². The number of carbonyl (C=O) groups excluding carboxylic acids is 3. The molecule has 7 nitrogen and oxygen atoms in total. The first-order valence-electron chi connectivity index (χ1n) is 8.17. The maximum absolute atomic E-state index is 12.4. The number of fused-ring (bicyclic) bond motifs is 1. The summed E-state index contributed by atoms with van der Waals surface area (Å²) in [7, 11) is 2.59. The van der Waals surface area contributed by atoms with Gasteiger partial charge in [-0.1, -0.05) is 30.3 Å². The molecule has 3 fully saturated rings. The molecular formula is C18H21NO6. The van der Waals surface area contributed by atoms with Crippen LogP contribution in [0.4, 0.5) is 4.79 Å². The second-order valence-corrected chi connectivity index (χ2v) is 6.51. The van der Waals surface area contributed by atoms with Gasteiger partial charge in [0.25, 0.3) is 0 Å². The van der Waals surface area contributed by atoms with Gasteiger partial charge in [0.15, 0.2) is 0 Å². The van der Waals surface area contributed by atoms with Crippen molar-refractivity contribution in [3.63, 3.8) is 0 Å². The van der Waals surface area contributed by atoms with E-state index in [1.165, 1.54) is 14.2 Å². The topological polar surface area (TPSA) is 90.9 Å². The lowest BCUT2D eigenvalue weighted by atomic mass is 9.69. The molecule has 0 unspecified atom stereocenters. The van der Waals surface area contributed by atoms with Gasteiger partial charge in [-0.05, 0) is 24.3 Å². The number of methoxy groups -OCH3 is 2. The van der Waals surface area contributed by atoms with Crippen molar-refractivity contribution in [3.05, 3.63) is 35.9 Å². The number of esters is 2. The highest BCUT2D eigenvalue weighted by Gasteiger charge is 2.69. The van der Waals surface area contributed by atoms with E-state index >= 15 is 0 Å². The van der Waals surface area contributed by atoms with Gasteiger partial charge in [0, 0.05) is 5.92 Å². The minimum atomic E-state index is -1.23. The number of nitrogens with one attached hydrogen (secondary N) is 1. The van der Waals surface area contributed by atoms with Crippen molar-refractivity contribution in [1.82, 2.24) is 5.32 Å². The van der Waals surface area contributed by atoms with Gasteiger partial charge in [0.1, 0.15) is 12.1 Å². The molecular weight excluding hydrogens is 326 g/mol. The van der Waals surface area contributed by atoms with Crippen molar-refractivity contribution in [2.45, 2.75) is 25.0 Å². The SMILES string of the molecule is COC(=O)[C@H]1[C@H]2C[C@@H]1[C@](NC(=O)OCc1ccccc1)(C(=O)OC)C2. The number of amides is 1. The van der Waals surface area contributed by atoms with Crippen LogP contribution < -0.4 is 5.32 Å². The molecule has 0 aliphatic heterocycles. The van der Waals surface area contributed by atoms with Crippen molar-refractivity contribution >= 4 is 18.0 Å². The van der Waals surface area contributed by atoms with Gasteiger partial charge in [-0.3, -0.25) is 4.79 Å². The maximum atomic E-state index is 12.4. The van der Waals surface area contributed by atoms with E-state index in [-0.39, 0.29) is 24.4 Å². The fourth-order valence-corrected chi connectivity index (χ4v) is 4.08. The van der Waals surface area contributed by atoms with Gasteiger partial charge in [-0.15, -0.1) is 0 Å². The molecule has 4 atom stereocenters. The summed E-state index contributed by atoms with van der Waals surface area (Å²) in [5, 5.41) is 2.67. The van der Waals surface area contributed by atoms with Crippen LogP contribution in [0.15, 0.2) is 30.3 Å². The quantitative estimate of drug-likeness (QED) is 0.643. The van der Waals surface area contributed by atoms with Crippen molar-refractivity contribution in [2.24, 2.45) is 17.8 Å². The number of carbonyl (C=O) groups is 3. The third kappa shape index (κ3) is 2.94. The highest BCUT2D eigenvalue weighted by atomic mass is 16.6. The lowest BCUT2D eigenvalue weighted by Gasteiger charge is -2.38. The van der Waals surface area contributed by atoms with Gasteiger partial charge in [-0.2, -0.15) is 0 Å². The second kappa shape index (κ2) is 6.74. The Bertz CT molecular complexity index is 675. The summed E-state index contributed by atoms with van der Waals surface area (Å²) in [6, 6.07) is 9.24. The van der Waals surface area contributed by atoms with Crippen molar-refractivity contribution < 1.29 is 28.6 Å². The molecule has 4 rings (SSSR count). The monoisotopic (exact) mass is 347 g/mol. The zero-order valence-electron chi connectivity index (χ0n) is 14.2. The number of hydrogen-bond acceptors (Lipinski definition) is 6. The van der Waals surface area contributed by atoms with Gasteiger partial charge in [-0.25, -0.2) is 9.59 Å². The molecule has 1 aromatic carbocycles. The Morgan fingerprint density at radius 3 is 2.52 bits per heavy atom. The summed E-state index contributed by atoms with van der Waals surface area (Å²) in [4.78, 5) is 36.6. The molecule has 0 heterocycles. The summed E-state index contributed by atoms with van der Waals surface area (Å²) in [5.41, 5.74) is -0.389. The Kier molecular flexibility index (Phi) is 4.65. The number of hydrogen-bond donors (Lipinski definition) is 1. The molecule has 0 saturated heterocycles. The van der Waals surface area contributed by atoms with Crippen LogP contribution in [0.3, 0.4) is 0 Å². The smallest absolute Gasteiger partial charge is 0.408 e. The first kappa shape index (κ1) is 17.3. The number of ether oxygens (including phenoxy) is 3. The largest absolute Gasteiger partial charge is 0.469 e. The van der Waals surface area contributed by atoms with Gasteiger partial charge in [0.05, 0.1) is 20.1 Å². The molecule has 0 spiro atoms. The van der Waals surface area contributed by atoms with Crippen LogP contribution in [0.5, 0.6) is 0 Å². The zero-order valence-corrected chi connectivity index (χ0v) is 14.2. The Labute approximate surface area is 145 Å². The van der Waals surface area contributed by atoms with Gasteiger partial charge < -0.3 is 19.5 Å². The maximum Gasteiger partial charge on any atom is 0.408 e. The molecule has 2 bridgehead atoms. The van der Waals surface area contributed by atoms with Crippen LogP contribution in [0.25, 0.3) is 0 Å². The van der Waals surface area contributed by atoms with E-state index in [2.05, 4.69) is 5.32 Å². The van der Waals surface area contributed by atoms with Crippen molar-refractivity contribution in [1.29, 1.82) is 0 Å². The average Bonchev–Trinajstić information content (AvgIpc) is 3.14.